The normalized spacial score (nSPS) is 18.6. The number of nitrogens with one attached hydrogen (secondary N) is 1. The second kappa shape index (κ2) is 10.5. The molecule has 0 radical (unpaired) electrons. The van der Waals surface area contributed by atoms with Gasteiger partial charge in [-0.2, -0.15) is 0 Å². The molecule has 3 aromatic carbocycles. The lowest BCUT2D eigenvalue weighted by molar-refractivity contribution is -0.122. The smallest absolute Gasteiger partial charge is 0.241 e. The van der Waals surface area contributed by atoms with Gasteiger partial charge in [0.25, 0.3) is 0 Å². The first-order chi connectivity index (χ1) is 17.1. The highest BCUT2D eigenvalue weighted by molar-refractivity contribution is 7.99. The molecule has 0 spiro atoms. The van der Waals surface area contributed by atoms with Crippen LogP contribution in [0.2, 0.25) is 0 Å². The Hall–Kier alpha value is -3.29. The average Bonchev–Trinajstić information content (AvgIpc) is 2.90. The van der Waals surface area contributed by atoms with Gasteiger partial charge in [0.1, 0.15) is 5.75 Å². The summed E-state index contributed by atoms with van der Waals surface area (Å²) in [4.78, 5) is 31.6. The van der Waals surface area contributed by atoms with Crippen molar-refractivity contribution in [3.8, 4) is 5.75 Å². The number of carbonyl (C=O) groups is 2. The molecule has 2 amide bonds. The lowest BCUT2D eigenvalue weighted by Crippen LogP contribution is -2.47. The predicted molar refractivity (Wildman–Crippen MR) is 140 cm³/mol. The molecule has 0 saturated carbocycles. The van der Waals surface area contributed by atoms with E-state index in [1.807, 2.05) is 41.3 Å². The van der Waals surface area contributed by atoms with Crippen LogP contribution >= 0.6 is 11.8 Å². The summed E-state index contributed by atoms with van der Waals surface area (Å²) in [5.41, 5.74) is 2.55. The maximum Gasteiger partial charge on any atom is 0.241 e. The Kier molecular flexibility index (Phi) is 7.06. The molecule has 1 atom stereocenters. The van der Waals surface area contributed by atoms with Gasteiger partial charge in [-0.15, -0.1) is 11.8 Å². The summed E-state index contributed by atoms with van der Waals surface area (Å²) in [7, 11) is 0. The summed E-state index contributed by atoms with van der Waals surface area (Å²) in [6, 6.07) is 25.1. The van der Waals surface area contributed by atoms with Crippen LogP contribution in [0.1, 0.15) is 24.4 Å². The van der Waals surface area contributed by atoms with E-state index in [9.17, 15) is 14.7 Å². The van der Waals surface area contributed by atoms with Gasteiger partial charge in [0, 0.05) is 16.6 Å². The van der Waals surface area contributed by atoms with Crippen LogP contribution in [0.3, 0.4) is 0 Å². The van der Waals surface area contributed by atoms with Gasteiger partial charge in [-0.25, -0.2) is 0 Å². The standard InChI is InChI=1S/C28H29N3O3S/c32-25-12-6-4-10-22(25)29-28(34)21-14-16-30(17-15-21)18-27(33)31-23-11-5-7-13-26(23)35-19-24(31)20-8-2-1-3-9-20/h1-13,21,24,32H,14-19H2,(H,29,34)/t24-/m1/s1. The van der Waals surface area contributed by atoms with Crippen molar-refractivity contribution in [2.24, 2.45) is 5.92 Å². The number of thioether (sulfide) groups is 1. The van der Waals surface area contributed by atoms with E-state index >= 15 is 0 Å². The highest BCUT2D eigenvalue weighted by Gasteiger charge is 2.34. The predicted octanol–water partition coefficient (Wildman–Crippen LogP) is 4.92. The van der Waals surface area contributed by atoms with E-state index in [4.69, 9.17) is 0 Å². The first-order valence-electron chi connectivity index (χ1n) is 12.0. The minimum Gasteiger partial charge on any atom is -0.506 e. The summed E-state index contributed by atoms with van der Waals surface area (Å²) in [6.07, 6.45) is 1.36. The maximum atomic E-state index is 13.7. The van der Waals surface area contributed by atoms with Crippen LogP contribution in [-0.2, 0) is 9.59 Å². The second-order valence-corrected chi connectivity index (χ2v) is 10.1. The molecule has 5 rings (SSSR count). The van der Waals surface area contributed by atoms with Crippen molar-refractivity contribution in [2.75, 3.05) is 35.6 Å². The molecular formula is C28H29N3O3S. The van der Waals surface area contributed by atoms with Crippen LogP contribution in [0.5, 0.6) is 5.75 Å². The van der Waals surface area contributed by atoms with Crippen molar-refractivity contribution in [3.05, 3.63) is 84.4 Å². The van der Waals surface area contributed by atoms with E-state index in [2.05, 4.69) is 28.4 Å². The van der Waals surface area contributed by atoms with Crippen LogP contribution in [0.4, 0.5) is 11.4 Å². The summed E-state index contributed by atoms with van der Waals surface area (Å²) >= 11 is 1.79. The summed E-state index contributed by atoms with van der Waals surface area (Å²) in [5, 5.41) is 12.8. The molecule has 0 aliphatic carbocycles. The average molecular weight is 488 g/mol. The first kappa shape index (κ1) is 23.5. The molecule has 7 heteroatoms. The zero-order chi connectivity index (χ0) is 24.2. The van der Waals surface area contributed by atoms with Crippen molar-refractivity contribution in [1.82, 2.24) is 4.90 Å². The van der Waals surface area contributed by atoms with Gasteiger partial charge in [0.15, 0.2) is 0 Å². The molecular weight excluding hydrogens is 458 g/mol. The number of fused-ring (bicyclic) bond motifs is 1. The minimum absolute atomic E-state index is 0.00883. The van der Waals surface area contributed by atoms with Crippen molar-refractivity contribution in [2.45, 2.75) is 23.8 Å². The second-order valence-electron chi connectivity index (χ2n) is 9.03. The monoisotopic (exact) mass is 487 g/mol. The SMILES string of the molecule is O=C(Nc1ccccc1O)C1CCN(CC(=O)N2c3ccccc3SC[C@@H]2c2ccccc2)CC1. The Balaban J connectivity index is 1.24. The summed E-state index contributed by atoms with van der Waals surface area (Å²) < 4.78 is 0. The fourth-order valence-electron chi connectivity index (χ4n) is 4.85. The number of likely N-dealkylation sites (tertiary alicyclic amines) is 1. The number of anilines is 2. The van der Waals surface area contributed by atoms with E-state index in [1.54, 1.807) is 36.0 Å². The molecule has 1 saturated heterocycles. The molecule has 3 aromatic rings. The van der Waals surface area contributed by atoms with Crippen LogP contribution in [0.15, 0.2) is 83.8 Å². The quantitative estimate of drug-likeness (QED) is 0.500. The third-order valence-electron chi connectivity index (χ3n) is 6.77. The number of rotatable bonds is 5. The summed E-state index contributed by atoms with van der Waals surface area (Å²) in [5.74, 6) is 0.760. The zero-order valence-corrected chi connectivity index (χ0v) is 20.3. The van der Waals surface area contributed by atoms with E-state index in [0.717, 1.165) is 21.9 Å². The van der Waals surface area contributed by atoms with Gasteiger partial charge in [-0.1, -0.05) is 54.6 Å². The van der Waals surface area contributed by atoms with Crippen molar-refractivity contribution < 1.29 is 14.7 Å². The van der Waals surface area contributed by atoms with Crippen LogP contribution in [0, 0.1) is 5.92 Å². The van der Waals surface area contributed by atoms with Crippen molar-refractivity contribution in [1.29, 1.82) is 0 Å². The fourth-order valence-corrected chi connectivity index (χ4v) is 6.02. The Morgan fingerprint density at radius 3 is 2.37 bits per heavy atom. The van der Waals surface area contributed by atoms with E-state index < -0.39 is 0 Å². The highest BCUT2D eigenvalue weighted by atomic mass is 32.2. The topological polar surface area (TPSA) is 72.9 Å². The molecule has 2 N–H and O–H groups in total. The molecule has 180 valence electrons. The zero-order valence-electron chi connectivity index (χ0n) is 19.5. The number of hydrogen-bond donors (Lipinski definition) is 2. The largest absolute Gasteiger partial charge is 0.506 e. The van der Waals surface area contributed by atoms with Crippen LogP contribution < -0.4 is 10.2 Å². The van der Waals surface area contributed by atoms with E-state index in [1.165, 1.54) is 0 Å². The number of amides is 2. The Morgan fingerprint density at radius 1 is 0.914 bits per heavy atom. The van der Waals surface area contributed by atoms with Crippen molar-refractivity contribution in [3.63, 3.8) is 0 Å². The Labute approximate surface area is 209 Å². The lowest BCUT2D eigenvalue weighted by Gasteiger charge is -2.39. The number of benzene rings is 3. The number of nitrogens with zero attached hydrogens (tertiary/aromatic N) is 2. The van der Waals surface area contributed by atoms with Crippen LogP contribution in [0.25, 0.3) is 0 Å². The van der Waals surface area contributed by atoms with Gasteiger partial charge >= 0.3 is 0 Å². The van der Waals surface area contributed by atoms with Gasteiger partial charge in [-0.05, 0) is 55.8 Å². The first-order valence-corrected chi connectivity index (χ1v) is 13.0. The number of para-hydroxylation sites is 3. The van der Waals surface area contributed by atoms with Crippen molar-refractivity contribution >= 4 is 35.0 Å². The highest BCUT2D eigenvalue weighted by Crippen LogP contribution is 2.43. The number of phenolic OH excluding ortho intramolecular Hbond substituents is 1. The van der Waals surface area contributed by atoms with Gasteiger partial charge in [0.2, 0.25) is 11.8 Å². The number of phenols is 1. The maximum absolute atomic E-state index is 13.7. The molecule has 2 aliphatic heterocycles. The third kappa shape index (κ3) is 5.21. The van der Waals surface area contributed by atoms with E-state index in [-0.39, 0.29) is 29.5 Å². The summed E-state index contributed by atoms with van der Waals surface area (Å²) in [6.45, 7) is 1.70. The van der Waals surface area contributed by atoms with E-state index in [0.29, 0.717) is 38.2 Å². The lowest BCUT2D eigenvalue weighted by atomic mass is 9.95. The molecule has 2 heterocycles. The Bertz CT molecular complexity index is 1190. The van der Waals surface area contributed by atoms with Gasteiger partial charge in [0.05, 0.1) is 24.0 Å². The number of piperidine rings is 1. The molecule has 0 bridgehead atoms. The minimum atomic E-state index is -0.134. The molecule has 0 aromatic heterocycles. The third-order valence-corrected chi connectivity index (χ3v) is 7.90. The molecule has 6 nitrogen and oxygen atoms in total. The number of aromatic hydroxyl groups is 1. The molecule has 2 aliphatic rings. The van der Waals surface area contributed by atoms with Crippen LogP contribution in [-0.4, -0.2) is 47.2 Å². The van der Waals surface area contributed by atoms with Gasteiger partial charge < -0.3 is 15.3 Å². The molecule has 1 fully saturated rings. The molecule has 35 heavy (non-hydrogen) atoms. The molecule has 0 unspecified atom stereocenters. The Morgan fingerprint density at radius 2 is 1.60 bits per heavy atom. The number of hydrogen-bond acceptors (Lipinski definition) is 5. The van der Waals surface area contributed by atoms with Gasteiger partial charge in [-0.3, -0.25) is 14.5 Å². The number of carbonyl (C=O) groups excluding carboxylic acids is 2. The fraction of sp³-hybridized carbons (Fsp3) is 0.286.